The second kappa shape index (κ2) is 5.01. The quantitative estimate of drug-likeness (QED) is 0.855. The lowest BCUT2D eigenvalue weighted by Crippen LogP contribution is -2.04. The van der Waals surface area contributed by atoms with E-state index in [1.165, 1.54) is 16.9 Å². The average molecular weight is 223 g/mol. The van der Waals surface area contributed by atoms with Crippen molar-refractivity contribution in [2.24, 2.45) is 5.73 Å². The molecule has 0 amide bonds. The van der Waals surface area contributed by atoms with Crippen LogP contribution in [0.3, 0.4) is 0 Å². The molecule has 2 nitrogen and oxygen atoms in total. The second-order valence-corrected chi connectivity index (χ2v) is 5.33. The lowest BCUT2D eigenvalue weighted by Gasteiger charge is -2.09. The number of nitrogens with two attached hydrogens (primary N) is 1. The Morgan fingerprint density at radius 2 is 2.13 bits per heavy atom. The van der Waals surface area contributed by atoms with E-state index in [-0.39, 0.29) is 6.04 Å². The van der Waals surface area contributed by atoms with Gasteiger partial charge in [-0.05, 0) is 31.0 Å². The molecule has 82 valence electrons. The molecule has 1 aromatic carbocycles. The van der Waals surface area contributed by atoms with Crippen molar-refractivity contribution >= 4 is 11.8 Å². The Kier molecular flexibility index (Phi) is 3.67. The summed E-state index contributed by atoms with van der Waals surface area (Å²) in [6.07, 6.45) is 1.17. The van der Waals surface area contributed by atoms with Crippen LogP contribution in [-0.4, -0.2) is 18.5 Å². The zero-order valence-corrected chi connectivity index (χ0v) is 9.80. The van der Waals surface area contributed by atoms with Crippen LogP contribution in [0.25, 0.3) is 0 Å². The van der Waals surface area contributed by atoms with Crippen LogP contribution in [0.1, 0.15) is 24.9 Å². The van der Waals surface area contributed by atoms with E-state index in [0.717, 1.165) is 13.2 Å². The largest absolute Gasteiger partial charge is 0.380 e. The maximum atomic E-state index is 5.80. The highest BCUT2D eigenvalue weighted by Crippen LogP contribution is 2.29. The maximum absolute atomic E-state index is 5.80. The van der Waals surface area contributed by atoms with Crippen LogP contribution in [-0.2, 0) is 4.74 Å². The first-order valence-electron chi connectivity index (χ1n) is 5.35. The Morgan fingerprint density at radius 3 is 2.67 bits per heavy atom. The van der Waals surface area contributed by atoms with Crippen molar-refractivity contribution < 1.29 is 4.74 Å². The summed E-state index contributed by atoms with van der Waals surface area (Å²) in [5.74, 6) is 0. The highest BCUT2D eigenvalue weighted by molar-refractivity contribution is 8.00. The fraction of sp³-hybridized carbons (Fsp3) is 0.500. The van der Waals surface area contributed by atoms with Gasteiger partial charge in [0.05, 0.1) is 6.61 Å². The summed E-state index contributed by atoms with van der Waals surface area (Å²) in [6, 6.07) is 8.66. The topological polar surface area (TPSA) is 35.2 Å². The predicted molar refractivity (Wildman–Crippen MR) is 64.1 cm³/mol. The first kappa shape index (κ1) is 11.0. The van der Waals surface area contributed by atoms with Gasteiger partial charge in [-0.2, -0.15) is 0 Å². The Morgan fingerprint density at radius 1 is 1.40 bits per heavy atom. The van der Waals surface area contributed by atoms with Gasteiger partial charge in [-0.15, -0.1) is 11.8 Å². The molecule has 1 aromatic rings. The summed E-state index contributed by atoms with van der Waals surface area (Å²) < 4.78 is 5.35. The summed E-state index contributed by atoms with van der Waals surface area (Å²) in [5.41, 5.74) is 7.00. The van der Waals surface area contributed by atoms with Crippen molar-refractivity contribution in [3.05, 3.63) is 29.8 Å². The van der Waals surface area contributed by atoms with E-state index in [2.05, 4.69) is 24.3 Å². The van der Waals surface area contributed by atoms with E-state index in [0.29, 0.717) is 5.25 Å². The molecule has 15 heavy (non-hydrogen) atoms. The third-order valence-electron chi connectivity index (χ3n) is 2.60. The van der Waals surface area contributed by atoms with Crippen molar-refractivity contribution in [3.8, 4) is 0 Å². The summed E-state index contributed by atoms with van der Waals surface area (Å²) in [5, 5.41) is 0.631. The minimum atomic E-state index is 0.124. The van der Waals surface area contributed by atoms with E-state index in [1.807, 2.05) is 18.7 Å². The van der Waals surface area contributed by atoms with E-state index in [1.54, 1.807) is 0 Å². The summed E-state index contributed by atoms with van der Waals surface area (Å²) in [7, 11) is 0. The number of thioether (sulfide) groups is 1. The van der Waals surface area contributed by atoms with Crippen molar-refractivity contribution in [3.63, 3.8) is 0 Å². The van der Waals surface area contributed by atoms with Gasteiger partial charge in [0.1, 0.15) is 0 Å². The minimum absolute atomic E-state index is 0.124. The van der Waals surface area contributed by atoms with Crippen molar-refractivity contribution in [2.75, 3.05) is 13.2 Å². The molecule has 1 aliphatic heterocycles. The summed E-state index contributed by atoms with van der Waals surface area (Å²) >= 11 is 1.91. The first-order chi connectivity index (χ1) is 7.25. The number of benzene rings is 1. The van der Waals surface area contributed by atoms with Crippen molar-refractivity contribution in [1.82, 2.24) is 0 Å². The van der Waals surface area contributed by atoms with Crippen LogP contribution in [0.4, 0.5) is 0 Å². The van der Waals surface area contributed by atoms with Gasteiger partial charge < -0.3 is 10.5 Å². The second-order valence-electron chi connectivity index (χ2n) is 3.96. The van der Waals surface area contributed by atoms with Gasteiger partial charge >= 0.3 is 0 Å². The Balaban J connectivity index is 1.97. The van der Waals surface area contributed by atoms with Crippen LogP contribution in [0.5, 0.6) is 0 Å². The third-order valence-corrected chi connectivity index (χ3v) is 3.85. The number of rotatable bonds is 3. The third kappa shape index (κ3) is 2.97. The molecule has 0 saturated carbocycles. The van der Waals surface area contributed by atoms with Crippen LogP contribution >= 0.6 is 11.8 Å². The zero-order chi connectivity index (χ0) is 10.7. The highest BCUT2D eigenvalue weighted by Gasteiger charge is 2.16. The average Bonchev–Trinajstić information content (AvgIpc) is 2.71. The normalized spacial score (nSPS) is 22.9. The number of ether oxygens (including phenoxy) is 1. The SMILES string of the molecule is CC(N)c1ccc(SC2CCOC2)cc1. The predicted octanol–water partition coefficient (Wildman–Crippen LogP) is 2.59. The van der Waals surface area contributed by atoms with Gasteiger partial charge in [0.15, 0.2) is 0 Å². The zero-order valence-electron chi connectivity index (χ0n) is 8.98. The van der Waals surface area contributed by atoms with E-state index >= 15 is 0 Å². The Labute approximate surface area is 95.2 Å². The van der Waals surface area contributed by atoms with E-state index in [9.17, 15) is 0 Å². The Hall–Kier alpha value is -0.510. The molecule has 3 heteroatoms. The van der Waals surface area contributed by atoms with Crippen LogP contribution in [0, 0.1) is 0 Å². The molecule has 2 rings (SSSR count). The molecule has 2 atom stereocenters. The molecule has 1 heterocycles. The van der Waals surface area contributed by atoms with E-state index < -0.39 is 0 Å². The molecule has 2 unspecified atom stereocenters. The number of hydrogen-bond acceptors (Lipinski definition) is 3. The summed E-state index contributed by atoms with van der Waals surface area (Å²) in [6.45, 7) is 3.81. The van der Waals surface area contributed by atoms with Crippen LogP contribution in [0.15, 0.2) is 29.2 Å². The standard InChI is InChI=1S/C12H17NOS/c1-9(13)10-2-4-11(5-3-10)15-12-6-7-14-8-12/h2-5,9,12H,6-8,13H2,1H3. The maximum Gasteiger partial charge on any atom is 0.0589 e. The molecule has 0 bridgehead atoms. The van der Waals surface area contributed by atoms with E-state index in [4.69, 9.17) is 10.5 Å². The smallest absolute Gasteiger partial charge is 0.0589 e. The highest BCUT2D eigenvalue weighted by atomic mass is 32.2. The fourth-order valence-electron chi connectivity index (χ4n) is 1.65. The molecule has 0 spiro atoms. The van der Waals surface area contributed by atoms with Gasteiger partial charge in [-0.3, -0.25) is 0 Å². The monoisotopic (exact) mass is 223 g/mol. The molecular weight excluding hydrogens is 206 g/mol. The lowest BCUT2D eigenvalue weighted by molar-refractivity contribution is 0.199. The van der Waals surface area contributed by atoms with Gasteiger partial charge in [-0.1, -0.05) is 12.1 Å². The fourth-order valence-corrected chi connectivity index (χ4v) is 2.70. The van der Waals surface area contributed by atoms with Crippen LogP contribution in [0.2, 0.25) is 0 Å². The van der Waals surface area contributed by atoms with Crippen molar-refractivity contribution in [1.29, 1.82) is 0 Å². The van der Waals surface area contributed by atoms with Crippen molar-refractivity contribution in [2.45, 2.75) is 29.5 Å². The molecule has 0 aliphatic carbocycles. The Bertz CT molecular complexity index is 304. The molecule has 0 radical (unpaired) electrons. The van der Waals surface area contributed by atoms with Gasteiger partial charge in [0, 0.05) is 22.8 Å². The lowest BCUT2D eigenvalue weighted by atomic mass is 10.1. The van der Waals surface area contributed by atoms with Gasteiger partial charge in [0.2, 0.25) is 0 Å². The first-order valence-corrected chi connectivity index (χ1v) is 6.23. The van der Waals surface area contributed by atoms with Gasteiger partial charge in [0.25, 0.3) is 0 Å². The number of hydrogen-bond donors (Lipinski definition) is 1. The molecular formula is C12H17NOS. The minimum Gasteiger partial charge on any atom is -0.380 e. The molecule has 1 aliphatic rings. The molecule has 1 saturated heterocycles. The van der Waals surface area contributed by atoms with Crippen LogP contribution < -0.4 is 5.73 Å². The van der Waals surface area contributed by atoms with Gasteiger partial charge in [-0.25, -0.2) is 0 Å². The molecule has 2 N–H and O–H groups in total. The molecule has 1 fully saturated rings. The molecule has 0 aromatic heterocycles. The summed E-state index contributed by atoms with van der Waals surface area (Å²) in [4.78, 5) is 1.31.